The molecule has 0 spiro atoms. The van der Waals surface area contributed by atoms with Crippen molar-refractivity contribution in [1.82, 2.24) is 0 Å². The first kappa shape index (κ1) is 16.1. The van der Waals surface area contributed by atoms with Gasteiger partial charge in [0.1, 0.15) is 24.4 Å². The van der Waals surface area contributed by atoms with Crippen LogP contribution in [0.15, 0.2) is 0 Å². The third-order valence-electron chi connectivity index (χ3n) is 3.92. The minimum Gasteiger partial charge on any atom is -0.370 e. The van der Waals surface area contributed by atoms with E-state index >= 15 is 0 Å². The Labute approximate surface area is 121 Å². The molecule has 2 saturated heterocycles. The molecule has 2 aliphatic heterocycles. The Morgan fingerprint density at radius 2 is 1.30 bits per heavy atom. The Morgan fingerprint density at radius 3 is 1.65 bits per heavy atom. The first-order valence-corrected chi connectivity index (χ1v) is 7.60. The van der Waals surface area contributed by atoms with Gasteiger partial charge in [-0.05, 0) is 39.8 Å². The van der Waals surface area contributed by atoms with Crippen LogP contribution in [0.25, 0.3) is 0 Å². The van der Waals surface area contributed by atoms with Crippen molar-refractivity contribution in [2.75, 3.05) is 26.3 Å². The summed E-state index contributed by atoms with van der Waals surface area (Å²) in [6.07, 6.45) is 1.89. The molecule has 0 aliphatic carbocycles. The molecule has 0 amide bonds. The van der Waals surface area contributed by atoms with Crippen LogP contribution >= 0.6 is 0 Å². The van der Waals surface area contributed by atoms with E-state index in [2.05, 4.69) is 0 Å². The van der Waals surface area contributed by atoms with Gasteiger partial charge in [0.2, 0.25) is 0 Å². The Bertz CT molecular complexity index is 264. The highest BCUT2D eigenvalue weighted by Crippen LogP contribution is 2.31. The molecule has 2 aliphatic rings. The summed E-state index contributed by atoms with van der Waals surface area (Å²) in [5.41, 5.74) is 11.1. The molecule has 20 heavy (non-hydrogen) atoms. The van der Waals surface area contributed by atoms with Crippen LogP contribution in [0, 0.1) is 0 Å². The van der Waals surface area contributed by atoms with Crippen LogP contribution in [0.3, 0.4) is 0 Å². The van der Waals surface area contributed by atoms with Crippen LogP contribution in [-0.4, -0.2) is 62.9 Å². The zero-order chi connectivity index (χ0) is 14.5. The van der Waals surface area contributed by atoms with Crippen molar-refractivity contribution in [3.05, 3.63) is 0 Å². The van der Waals surface area contributed by atoms with E-state index in [1.165, 1.54) is 0 Å². The van der Waals surface area contributed by atoms with E-state index in [0.717, 1.165) is 12.8 Å². The van der Waals surface area contributed by atoms with E-state index in [-0.39, 0.29) is 36.6 Å². The van der Waals surface area contributed by atoms with Crippen molar-refractivity contribution < 1.29 is 18.9 Å². The summed E-state index contributed by atoms with van der Waals surface area (Å²) >= 11 is 0. The van der Waals surface area contributed by atoms with E-state index in [1.807, 2.05) is 13.8 Å². The van der Waals surface area contributed by atoms with Crippen molar-refractivity contribution in [2.24, 2.45) is 11.5 Å². The Hall–Kier alpha value is -0.240. The lowest BCUT2D eigenvalue weighted by molar-refractivity contribution is -0.0821. The van der Waals surface area contributed by atoms with Gasteiger partial charge in [0.05, 0.1) is 25.4 Å². The van der Waals surface area contributed by atoms with Gasteiger partial charge in [-0.1, -0.05) is 0 Å². The van der Waals surface area contributed by atoms with Gasteiger partial charge in [0, 0.05) is 0 Å². The number of rotatable bonds is 8. The quantitative estimate of drug-likeness (QED) is 0.655. The van der Waals surface area contributed by atoms with Gasteiger partial charge in [-0.25, -0.2) is 0 Å². The second-order valence-electron chi connectivity index (χ2n) is 5.72. The van der Waals surface area contributed by atoms with Crippen molar-refractivity contribution >= 4 is 0 Å². The Kier molecular flexibility index (Phi) is 6.20. The van der Waals surface area contributed by atoms with Crippen molar-refractivity contribution in [2.45, 2.75) is 63.3 Å². The molecule has 0 bridgehead atoms. The summed E-state index contributed by atoms with van der Waals surface area (Å²) in [5.74, 6) is 0. The van der Waals surface area contributed by atoms with E-state index in [4.69, 9.17) is 30.4 Å². The van der Waals surface area contributed by atoms with E-state index in [0.29, 0.717) is 26.3 Å². The van der Waals surface area contributed by atoms with E-state index in [1.54, 1.807) is 0 Å². The minimum absolute atomic E-state index is 0.0139. The fourth-order valence-electron chi connectivity index (χ4n) is 2.86. The third kappa shape index (κ3) is 3.90. The highest BCUT2D eigenvalue weighted by molar-refractivity contribution is 4.96. The van der Waals surface area contributed by atoms with Gasteiger partial charge in [-0.2, -0.15) is 0 Å². The van der Waals surface area contributed by atoms with Gasteiger partial charge in [0.15, 0.2) is 0 Å². The average molecular weight is 288 g/mol. The summed E-state index contributed by atoms with van der Waals surface area (Å²) in [5, 5.41) is 0. The van der Waals surface area contributed by atoms with Crippen molar-refractivity contribution in [3.8, 4) is 0 Å². The maximum atomic E-state index is 5.96. The first-order chi connectivity index (χ1) is 9.65. The maximum Gasteiger partial charge on any atom is 0.115 e. The SMILES string of the molecule is CC(CCN)O[C@H]1COC2C1OC[C@@H]2OC(C)CCN. The topological polar surface area (TPSA) is 89.0 Å². The average Bonchev–Trinajstić information content (AvgIpc) is 2.95. The standard InChI is InChI=1S/C14H28N2O4/c1-9(3-5-15)19-11-7-17-14-12(8-18-13(11)14)20-10(2)4-6-16/h9-14H,3-8,15-16H2,1-2H3/t9?,10?,11-,12-,13?,14?/m0/s1. The van der Waals surface area contributed by atoms with Gasteiger partial charge in [-0.15, -0.1) is 0 Å². The summed E-state index contributed by atoms with van der Waals surface area (Å²) in [6, 6.07) is 0. The molecule has 6 atom stereocenters. The van der Waals surface area contributed by atoms with Gasteiger partial charge < -0.3 is 30.4 Å². The lowest BCUT2D eigenvalue weighted by Gasteiger charge is -2.22. The van der Waals surface area contributed by atoms with E-state index in [9.17, 15) is 0 Å². The fourth-order valence-corrected chi connectivity index (χ4v) is 2.86. The Balaban J connectivity index is 1.81. The molecule has 2 fully saturated rings. The number of ether oxygens (including phenoxy) is 4. The monoisotopic (exact) mass is 288 g/mol. The normalized spacial score (nSPS) is 36.0. The summed E-state index contributed by atoms with van der Waals surface area (Å²) in [6.45, 7) is 6.46. The molecule has 4 unspecified atom stereocenters. The zero-order valence-electron chi connectivity index (χ0n) is 12.5. The van der Waals surface area contributed by atoms with Gasteiger partial charge in [0.25, 0.3) is 0 Å². The third-order valence-corrected chi connectivity index (χ3v) is 3.92. The highest BCUT2D eigenvalue weighted by atomic mass is 16.6. The number of fused-ring (bicyclic) bond motifs is 1. The van der Waals surface area contributed by atoms with Crippen LogP contribution in [0.5, 0.6) is 0 Å². The molecule has 0 aromatic heterocycles. The van der Waals surface area contributed by atoms with Gasteiger partial charge in [-0.3, -0.25) is 0 Å². The number of hydrogen-bond donors (Lipinski definition) is 2. The lowest BCUT2D eigenvalue weighted by Crippen LogP contribution is -2.37. The first-order valence-electron chi connectivity index (χ1n) is 7.60. The molecule has 0 saturated carbocycles. The summed E-state index contributed by atoms with van der Waals surface area (Å²) in [7, 11) is 0. The predicted molar refractivity (Wildman–Crippen MR) is 75.5 cm³/mol. The molecule has 0 aromatic rings. The second kappa shape index (κ2) is 7.68. The van der Waals surface area contributed by atoms with Crippen LogP contribution < -0.4 is 11.5 Å². The predicted octanol–water partition coefficient (Wildman–Crippen LogP) is 0.0290. The molecule has 0 radical (unpaired) electrons. The second-order valence-corrected chi connectivity index (χ2v) is 5.72. The minimum atomic E-state index is -0.0229. The molecular formula is C14H28N2O4. The molecule has 2 heterocycles. The molecule has 6 heteroatoms. The molecule has 118 valence electrons. The molecule has 0 aromatic carbocycles. The number of hydrogen-bond acceptors (Lipinski definition) is 6. The number of nitrogens with two attached hydrogens (primary N) is 2. The van der Waals surface area contributed by atoms with Crippen molar-refractivity contribution in [3.63, 3.8) is 0 Å². The molecular weight excluding hydrogens is 260 g/mol. The van der Waals surface area contributed by atoms with E-state index < -0.39 is 0 Å². The van der Waals surface area contributed by atoms with Crippen molar-refractivity contribution in [1.29, 1.82) is 0 Å². The largest absolute Gasteiger partial charge is 0.370 e. The van der Waals surface area contributed by atoms with Crippen LogP contribution in [0.1, 0.15) is 26.7 Å². The molecule has 6 nitrogen and oxygen atoms in total. The van der Waals surface area contributed by atoms with Crippen LogP contribution in [0.4, 0.5) is 0 Å². The van der Waals surface area contributed by atoms with Crippen LogP contribution in [-0.2, 0) is 18.9 Å². The molecule has 4 N–H and O–H groups in total. The Morgan fingerprint density at radius 1 is 0.900 bits per heavy atom. The smallest absolute Gasteiger partial charge is 0.115 e. The lowest BCUT2D eigenvalue weighted by atomic mass is 10.1. The summed E-state index contributed by atoms with van der Waals surface area (Å²) in [4.78, 5) is 0. The van der Waals surface area contributed by atoms with Crippen LogP contribution in [0.2, 0.25) is 0 Å². The highest BCUT2D eigenvalue weighted by Gasteiger charge is 2.49. The van der Waals surface area contributed by atoms with Gasteiger partial charge >= 0.3 is 0 Å². The maximum absolute atomic E-state index is 5.96. The zero-order valence-corrected chi connectivity index (χ0v) is 12.5. The summed E-state index contributed by atoms with van der Waals surface area (Å²) < 4.78 is 23.6. The molecule has 2 rings (SSSR count). The fraction of sp³-hybridized carbons (Fsp3) is 1.00.